The van der Waals surface area contributed by atoms with E-state index in [2.05, 4.69) is 10.00 Å². The Hall–Kier alpha value is -1.15. The summed E-state index contributed by atoms with van der Waals surface area (Å²) in [5.74, 6) is 1.09. The van der Waals surface area contributed by atoms with Gasteiger partial charge in [0.05, 0.1) is 30.5 Å². The molecule has 1 N–H and O–H groups in total. The quantitative estimate of drug-likeness (QED) is 0.836. The molecule has 3 heterocycles. The Morgan fingerprint density at radius 2 is 2.00 bits per heavy atom. The summed E-state index contributed by atoms with van der Waals surface area (Å²) in [6, 6.07) is 0.210. The fourth-order valence-corrected chi connectivity index (χ4v) is 4.90. The van der Waals surface area contributed by atoms with E-state index in [-0.39, 0.29) is 18.1 Å². The number of nitrogens with zero attached hydrogens (tertiary/aromatic N) is 4. The van der Waals surface area contributed by atoms with E-state index in [1.807, 2.05) is 4.90 Å². The lowest BCUT2D eigenvalue weighted by molar-refractivity contribution is -0.130. The molecule has 4 rings (SSSR count). The van der Waals surface area contributed by atoms with Crippen LogP contribution in [0.4, 0.5) is 0 Å². The lowest BCUT2D eigenvalue weighted by Crippen LogP contribution is -2.53. The Kier molecular flexibility index (Phi) is 5.50. The molecule has 144 valence electrons. The van der Waals surface area contributed by atoms with Crippen molar-refractivity contribution in [1.82, 2.24) is 19.6 Å². The molecular formula is C18H27ClN4O3. The van der Waals surface area contributed by atoms with Crippen LogP contribution in [0.25, 0.3) is 0 Å². The van der Waals surface area contributed by atoms with E-state index in [9.17, 15) is 9.90 Å². The van der Waals surface area contributed by atoms with Crippen LogP contribution in [0.2, 0.25) is 5.02 Å². The second-order valence-electron chi connectivity index (χ2n) is 7.74. The number of carbonyl (C=O) groups is 1. The van der Waals surface area contributed by atoms with Crippen molar-refractivity contribution in [2.75, 3.05) is 39.4 Å². The highest BCUT2D eigenvalue weighted by Gasteiger charge is 2.44. The van der Waals surface area contributed by atoms with Gasteiger partial charge in [-0.25, -0.2) is 0 Å². The number of aliphatic hydroxyl groups excluding tert-OH is 1. The first kappa shape index (κ1) is 18.2. The molecule has 3 aliphatic rings. The maximum absolute atomic E-state index is 12.6. The third-order valence-corrected chi connectivity index (χ3v) is 6.33. The van der Waals surface area contributed by atoms with E-state index in [0.29, 0.717) is 29.8 Å². The molecule has 0 bridgehead atoms. The number of amides is 1. The van der Waals surface area contributed by atoms with Crippen LogP contribution >= 0.6 is 11.6 Å². The van der Waals surface area contributed by atoms with Crippen LogP contribution < -0.4 is 0 Å². The smallest absolute Gasteiger partial charge is 0.224 e. The van der Waals surface area contributed by atoms with Crippen LogP contribution in [0.5, 0.6) is 0 Å². The van der Waals surface area contributed by atoms with E-state index in [1.54, 1.807) is 17.1 Å². The largest absolute Gasteiger partial charge is 0.391 e. The van der Waals surface area contributed by atoms with Crippen LogP contribution in [0.1, 0.15) is 19.3 Å². The normalized spacial score (nSPS) is 32.6. The molecule has 0 unspecified atom stereocenters. The number of rotatable bonds is 4. The molecule has 26 heavy (non-hydrogen) atoms. The van der Waals surface area contributed by atoms with Gasteiger partial charge in [-0.2, -0.15) is 5.10 Å². The highest BCUT2D eigenvalue weighted by Crippen LogP contribution is 2.38. The third-order valence-electron chi connectivity index (χ3n) is 6.13. The summed E-state index contributed by atoms with van der Waals surface area (Å²) in [6.45, 7) is 5.44. The average molecular weight is 383 g/mol. The minimum atomic E-state index is -0.296. The fraction of sp³-hybridized carbons (Fsp3) is 0.778. The Morgan fingerprint density at radius 3 is 2.69 bits per heavy atom. The molecule has 0 spiro atoms. The zero-order valence-corrected chi connectivity index (χ0v) is 15.7. The molecule has 0 aromatic carbocycles. The van der Waals surface area contributed by atoms with E-state index in [4.69, 9.17) is 16.3 Å². The molecule has 1 aliphatic carbocycles. The van der Waals surface area contributed by atoms with Gasteiger partial charge in [-0.05, 0) is 24.7 Å². The lowest BCUT2D eigenvalue weighted by atomic mass is 9.77. The number of fused-ring (bicyclic) bond motifs is 1. The Balaban J connectivity index is 1.31. The molecular weight excluding hydrogens is 356 g/mol. The molecule has 1 aromatic rings. The van der Waals surface area contributed by atoms with Gasteiger partial charge in [-0.1, -0.05) is 11.6 Å². The monoisotopic (exact) mass is 382 g/mol. The maximum atomic E-state index is 12.6. The maximum Gasteiger partial charge on any atom is 0.224 e. The first-order valence-corrected chi connectivity index (χ1v) is 9.93. The van der Waals surface area contributed by atoms with E-state index in [0.717, 1.165) is 52.2 Å². The van der Waals surface area contributed by atoms with Crippen LogP contribution in [-0.2, 0) is 16.1 Å². The Bertz CT molecular complexity index is 634. The first-order chi connectivity index (χ1) is 12.6. The van der Waals surface area contributed by atoms with Crippen LogP contribution in [0.15, 0.2) is 12.4 Å². The number of ether oxygens (including phenoxy) is 1. The van der Waals surface area contributed by atoms with E-state index in [1.165, 1.54) is 0 Å². The number of carbonyl (C=O) groups excluding carboxylic acids is 1. The molecule has 2 aliphatic heterocycles. The number of likely N-dealkylation sites (tertiary alicyclic amines) is 1. The molecule has 4 atom stereocenters. The summed E-state index contributed by atoms with van der Waals surface area (Å²) in [4.78, 5) is 16.9. The topological polar surface area (TPSA) is 70.8 Å². The summed E-state index contributed by atoms with van der Waals surface area (Å²) in [5.41, 5.74) is 0. The standard InChI is InChI=1S/C18H27ClN4O3/c19-15-9-20-23(12-15)2-1-18(25)22-10-13-7-16(17(24)8-14(13)11-22)21-3-5-26-6-4-21/h9,12-14,16-17,24H,1-8,10-11H2/t13-,14+,16-,17-/m1/s1. The SMILES string of the molecule is O=C(CCn1cc(Cl)cn1)N1C[C@H]2C[C@@H](N3CCOCC3)[C@H](O)C[C@H]2C1. The minimum absolute atomic E-state index is 0.170. The highest BCUT2D eigenvalue weighted by atomic mass is 35.5. The minimum Gasteiger partial charge on any atom is -0.391 e. The number of aliphatic hydroxyl groups is 1. The number of aryl methyl sites for hydroxylation is 1. The number of halogens is 1. The summed E-state index contributed by atoms with van der Waals surface area (Å²) in [6.07, 6.45) is 5.24. The second kappa shape index (κ2) is 7.84. The third kappa shape index (κ3) is 3.91. The molecule has 0 radical (unpaired) electrons. The van der Waals surface area contributed by atoms with E-state index < -0.39 is 0 Å². The summed E-state index contributed by atoms with van der Waals surface area (Å²) >= 11 is 5.86. The van der Waals surface area contributed by atoms with Crippen molar-refractivity contribution in [3.05, 3.63) is 17.4 Å². The summed E-state index contributed by atoms with van der Waals surface area (Å²) in [5, 5.41) is 15.4. The van der Waals surface area contributed by atoms with Gasteiger partial charge in [0.1, 0.15) is 0 Å². The predicted molar refractivity (Wildman–Crippen MR) is 96.8 cm³/mol. The zero-order chi connectivity index (χ0) is 18.1. The van der Waals surface area contributed by atoms with Crippen LogP contribution in [-0.4, -0.2) is 82.1 Å². The van der Waals surface area contributed by atoms with Gasteiger partial charge in [0, 0.05) is 51.4 Å². The van der Waals surface area contributed by atoms with Gasteiger partial charge in [-0.3, -0.25) is 14.4 Å². The van der Waals surface area contributed by atoms with Gasteiger partial charge < -0.3 is 14.7 Å². The van der Waals surface area contributed by atoms with Crippen LogP contribution in [0, 0.1) is 11.8 Å². The van der Waals surface area contributed by atoms with Gasteiger partial charge in [0.2, 0.25) is 5.91 Å². The molecule has 1 amide bonds. The molecule has 1 saturated carbocycles. The molecule has 8 heteroatoms. The number of aromatic nitrogens is 2. The fourth-order valence-electron chi connectivity index (χ4n) is 4.74. The van der Waals surface area contributed by atoms with Crippen molar-refractivity contribution in [2.24, 2.45) is 11.8 Å². The number of hydrogen-bond acceptors (Lipinski definition) is 5. The highest BCUT2D eigenvalue weighted by molar-refractivity contribution is 6.30. The molecule has 3 fully saturated rings. The van der Waals surface area contributed by atoms with Crippen molar-refractivity contribution >= 4 is 17.5 Å². The molecule has 1 aromatic heterocycles. The molecule has 7 nitrogen and oxygen atoms in total. The number of morpholine rings is 1. The van der Waals surface area contributed by atoms with Crippen molar-refractivity contribution in [3.8, 4) is 0 Å². The van der Waals surface area contributed by atoms with Crippen molar-refractivity contribution in [1.29, 1.82) is 0 Å². The van der Waals surface area contributed by atoms with Gasteiger partial charge in [-0.15, -0.1) is 0 Å². The first-order valence-electron chi connectivity index (χ1n) is 9.56. The van der Waals surface area contributed by atoms with Gasteiger partial charge in [0.25, 0.3) is 0 Å². The number of hydrogen-bond donors (Lipinski definition) is 1. The lowest BCUT2D eigenvalue weighted by Gasteiger charge is -2.43. The molecule has 2 saturated heterocycles. The van der Waals surface area contributed by atoms with Gasteiger partial charge >= 0.3 is 0 Å². The Morgan fingerprint density at radius 1 is 1.27 bits per heavy atom. The summed E-state index contributed by atoms with van der Waals surface area (Å²) < 4.78 is 7.14. The summed E-state index contributed by atoms with van der Waals surface area (Å²) in [7, 11) is 0. The van der Waals surface area contributed by atoms with Crippen molar-refractivity contribution < 1.29 is 14.6 Å². The van der Waals surface area contributed by atoms with Crippen molar-refractivity contribution in [3.63, 3.8) is 0 Å². The van der Waals surface area contributed by atoms with Crippen molar-refractivity contribution in [2.45, 2.75) is 38.0 Å². The average Bonchev–Trinajstić information content (AvgIpc) is 3.25. The van der Waals surface area contributed by atoms with Gasteiger partial charge in [0.15, 0.2) is 0 Å². The van der Waals surface area contributed by atoms with Crippen LogP contribution in [0.3, 0.4) is 0 Å². The van der Waals surface area contributed by atoms with E-state index >= 15 is 0 Å². The predicted octanol–water partition coefficient (Wildman–Crippen LogP) is 0.857. The zero-order valence-electron chi connectivity index (χ0n) is 15.0. The second-order valence-corrected chi connectivity index (χ2v) is 8.18. The Labute approximate surface area is 158 Å².